The molecule has 10 heteroatoms. The fraction of sp³-hybridized carbons (Fsp3) is 0.381. The number of amides is 2. The fourth-order valence-corrected chi connectivity index (χ4v) is 4.39. The van der Waals surface area contributed by atoms with Crippen molar-refractivity contribution in [2.75, 3.05) is 13.2 Å². The first-order chi connectivity index (χ1) is 14.7. The molecule has 164 valence electrons. The van der Waals surface area contributed by atoms with Gasteiger partial charge < -0.3 is 25.0 Å². The Morgan fingerprint density at radius 3 is 2.68 bits per heavy atom. The molecule has 2 aromatic rings. The van der Waals surface area contributed by atoms with Gasteiger partial charge in [0.05, 0.1) is 5.54 Å². The molecule has 3 N–H and O–H groups in total. The first-order valence-corrected chi connectivity index (χ1v) is 9.84. The Hall–Kier alpha value is -3.27. The van der Waals surface area contributed by atoms with Crippen LogP contribution in [0.15, 0.2) is 29.2 Å². The summed E-state index contributed by atoms with van der Waals surface area (Å²) in [5, 5.41) is 22.4. The number of rotatable bonds is 5. The first-order valence-electron chi connectivity index (χ1n) is 9.84. The maximum atomic E-state index is 13.8. The number of benzene rings is 1. The second kappa shape index (κ2) is 7.45. The van der Waals surface area contributed by atoms with Crippen LogP contribution < -0.4 is 10.7 Å². The summed E-state index contributed by atoms with van der Waals surface area (Å²) in [5.41, 5.74) is -2.23. The molecule has 1 spiro atoms. The summed E-state index contributed by atoms with van der Waals surface area (Å²) in [7, 11) is 0. The molecule has 2 aliphatic rings. The van der Waals surface area contributed by atoms with Crippen LogP contribution in [0.5, 0.6) is 5.75 Å². The molecule has 0 saturated heterocycles. The maximum Gasteiger partial charge on any atom is 0.275 e. The van der Waals surface area contributed by atoms with Gasteiger partial charge in [0, 0.05) is 50.0 Å². The Kier molecular flexibility index (Phi) is 5.04. The van der Waals surface area contributed by atoms with E-state index in [4.69, 9.17) is 0 Å². The van der Waals surface area contributed by atoms with E-state index >= 15 is 0 Å². The number of pyridine rings is 1. The quantitative estimate of drug-likeness (QED) is 0.651. The third-order valence-electron chi connectivity index (χ3n) is 6.12. The van der Waals surface area contributed by atoms with Gasteiger partial charge in [0.15, 0.2) is 11.4 Å². The van der Waals surface area contributed by atoms with Crippen molar-refractivity contribution in [3.8, 4) is 5.75 Å². The lowest BCUT2D eigenvalue weighted by Gasteiger charge is -2.38. The molecular formula is C21H21F2N3O5. The lowest BCUT2D eigenvalue weighted by molar-refractivity contribution is 0.0508. The van der Waals surface area contributed by atoms with Crippen LogP contribution >= 0.6 is 0 Å². The molecular weight excluding hydrogens is 412 g/mol. The van der Waals surface area contributed by atoms with Gasteiger partial charge in [0.2, 0.25) is 5.43 Å². The van der Waals surface area contributed by atoms with Crippen molar-refractivity contribution < 1.29 is 28.6 Å². The Morgan fingerprint density at radius 1 is 1.32 bits per heavy atom. The summed E-state index contributed by atoms with van der Waals surface area (Å²) in [6.07, 6.45) is 1.77. The number of fused-ring (bicyclic) bond motifs is 1. The zero-order chi connectivity index (χ0) is 22.5. The van der Waals surface area contributed by atoms with E-state index in [1.165, 1.54) is 16.8 Å². The number of carbonyl (C=O) groups is 2. The van der Waals surface area contributed by atoms with E-state index in [2.05, 4.69) is 5.32 Å². The highest BCUT2D eigenvalue weighted by Gasteiger charge is 2.61. The minimum Gasteiger partial charge on any atom is -0.503 e. The van der Waals surface area contributed by atoms with Gasteiger partial charge in [-0.15, -0.1) is 0 Å². The van der Waals surface area contributed by atoms with Crippen molar-refractivity contribution in [2.24, 2.45) is 5.92 Å². The van der Waals surface area contributed by atoms with E-state index in [0.717, 1.165) is 6.07 Å². The molecule has 2 amide bonds. The molecule has 0 bridgehead atoms. The molecule has 1 aliphatic carbocycles. The number of aliphatic hydroxyl groups is 1. The summed E-state index contributed by atoms with van der Waals surface area (Å²) >= 11 is 0. The molecule has 8 nitrogen and oxygen atoms in total. The number of nitrogens with zero attached hydrogens (tertiary/aromatic N) is 2. The van der Waals surface area contributed by atoms with Gasteiger partial charge in [-0.3, -0.25) is 14.4 Å². The summed E-state index contributed by atoms with van der Waals surface area (Å²) in [5.74, 6) is -3.98. The number of aromatic nitrogens is 1. The molecule has 31 heavy (non-hydrogen) atoms. The van der Waals surface area contributed by atoms with Crippen molar-refractivity contribution in [1.29, 1.82) is 0 Å². The van der Waals surface area contributed by atoms with Gasteiger partial charge in [0.1, 0.15) is 17.2 Å². The number of likely N-dealkylation sites (N-methyl/N-ethyl adjacent to an activating group) is 1. The second-order valence-electron chi connectivity index (χ2n) is 7.85. The third-order valence-corrected chi connectivity index (χ3v) is 6.12. The summed E-state index contributed by atoms with van der Waals surface area (Å²) < 4.78 is 28.2. The molecule has 1 saturated carbocycles. The average Bonchev–Trinajstić information content (AvgIpc) is 3.42. The highest BCUT2D eigenvalue weighted by atomic mass is 19.1. The van der Waals surface area contributed by atoms with Crippen molar-refractivity contribution in [1.82, 2.24) is 14.8 Å². The Bertz CT molecular complexity index is 1150. The van der Waals surface area contributed by atoms with Crippen LogP contribution in [0.3, 0.4) is 0 Å². The first kappa shape index (κ1) is 21.0. The lowest BCUT2D eigenvalue weighted by atomic mass is 10.0. The fourth-order valence-electron chi connectivity index (χ4n) is 4.39. The number of carbonyl (C=O) groups excluding carboxylic acids is 2. The van der Waals surface area contributed by atoms with E-state index in [1.54, 1.807) is 11.8 Å². The Balaban J connectivity index is 1.65. The predicted molar refractivity (Wildman–Crippen MR) is 105 cm³/mol. The lowest BCUT2D eigenvalue weighted by Crippen LogP contribution is -2.52. The van der Waals surface area contributed by atoms with Gasteiger partial charge in [-0.1, -0.05) is 6.07 Å². The molecule has 1 aromatic carbocycles. The number of hydrogen-bond acceptors (Lipinski definition) is 5. The Labute approximate surface area is 175 Å². The predicted octanol–water partition coefficient (Wildman–Crippen LogP) is 0.989. The van der Waals surface area contributed by atoms with Crippen molar-refractivity contribution in [3.05, 3.63) is 63.1 Å². The number of nitrogens with one attached hydrogen (secondary N) is 1. The van der Waals surface area contributed by atoms with Gasteiger partial charge >= 0.3 is 0 Å². The number of aliphatic hydroxyl groups excluding tert-OH is 1. The number of halogens is 2. The monoisotopic (exact) mass is 433 g/mol. The van der Waals surface area contributed by atoms with E-state index in [-0.39, 0.29) is 36.9 Å². The molecule has 0 radical (unpaired) electrons. The van der Waals surface area contributed by atoms with E-state index in [1.807, 2.05) is 0 Å². The molecule has 1 aliphatic heterocycles. The molecule has 1 fully saturated rings. The van der Waals surface area contributed by atoms with Gasteiger partial charge in [-0.2, -0.15) is 0 Å². The highest BCUT2D eigenvalue weighted by Crippen LogP contribution is 2.52. The van der Waals surface area contributed by atoms with Crippen LogP contribution in [-0.2, 0) is 13.1 Å². The smallest absolute Gasteiger partial charge is 0.275 e. The van der Waals surface area contributed by atoms with Gasteiger partial charge in [-0.25, -0.2) is 8.78 Å². The zero-order valence-electron chi connectivity index (χ0n) is 16.7. The van der Waals surface area contributed by atoms with Crippen LogP contribution in [0.4, 0.5) is 8.78 Å². The van der Waals surface area contributed by atoms with Gasteiger partial charge in [0.25, 0.3) is 11.8 Å². The highest BCUT2D eigenvalue weighted by molar-refractivity contribution is 5.99. The van der Waals surface area contributed by atoms with Crippen molar-refractivity contribution in [3.63, 3.8) is 0 Å². The third kappa shape index (κ3) is 3.27. The topological polar surface area (TPSA) is 112 Å². The van der Waals surface area contributed by atoms with E-state index in [0.29, 0.717) is 19.0 Å². The summed E-state index contributed by atoms with van der Waals surface area (Å²) in [6, 6.07) is 2.90. The molecule has 0 unspecified atom stereocenters. The van der Waals surface area contributed by atoms with Crippen LogP contribution in [0.25, 0.3) is 0 Å². The minimum atomic E-state index is -1.02. The molecule has 1 aromatic heterocycles. The minimum absolute atomic E-state index is 0.0218. The van der Waals surface area contributed by atoms with Crippen LogP contribution in [0, 0.1) is 17.6 Å². The zero-order valence-corrected chi connectivity index (χ0v) is 16.7. The van der Waals surface area contributed by atoms with Crippen molar-refractivity contribution >= 4 is 11.8 Å². The van der Waals surface area contributed by atoms with E-state index in [9.17, 15) is 33.4 Å². The molecule has 4 rings (SSSR count). The Morgan fingerprint density at radius 2 is 2.06 bits per heavy atom. The average molecular weight is 433 g/mol. The number of hydrogen-bond donors (Lipinski definition) is 3. The molecule has 2 atom stereocenters. The van der Waals surface area contributed by atoms with Crippen LogP contribution in [0.2, 0.25) is 0 Å². The van der Waals surface area contributed by atoms with Crippen LogP contribution in [-0.4, -0.2) is 50.2 Å². The van der Waals surface area contributed by atoms with Crippen molar-refractivity contribution in [2.45, 2.75) is 32.0 Å². The summed E-state index contributed by atoms with van der Waals surface area (Å²) in [4.78, 5) is 39.7. The second-order valence-corrected chi connectivity index (χ2v) is 7.85. The van der Waals surface area contributed by atoms with E-state index < -0.39 is 45.7 Å². The van der Waals surface area contributed by atoms with Gasteiger partial charge in [-0.05, 0) is 19.4 Å². The molecule has 2 heterocycles. The maximum absolute atomic E-state index is 13.8. The normalized spacial score (nSPS) is 21.9. The standard InChI is InChI=1S/C21H21F2N3O5/c1-2-26-20(31)16-18(29)17(28)14(8-25(16)10-21(26)6-12(21)9-27)19(30)24-7-11-3-4-13(22)5-15(11)23/h3-5,8,12,27,29H,2,6-7,9-10H2,1H3,(H,24,30)/t12-,21-/m1/s1. The summed E-state index contributed by atoms with van der Waals surface area (Å²) in [6.45, 7) is 1.92. The largest absolute Gasteiger partial charge is 0.503 e. The SMILES string of the molecule is CCN1C(=O)c2c(O)c(=O)c(C(=O)NCc3ccc(F)cc3F)cn2C[C@@]12C[C@@H]2CO. The van der Waals surface area contributed by atoms with Crippen LogP contribution in [0.1, 0.15) is 39.8 Å². The number of aromatic hydroxyl groups is 1.